The van der Waals surface area contributed by atoms with E-state index in [0.717, 1.165) is 19.3 Å². The highest BCUT2D eigenvalue weighted by Crippen LogP contribution is 2.23. The molecule has 0 atom stereocenters. The summed E-state index contributed by atoms with van der Waals surface area (Å²) in [5.74, 6) is -0.879. The average molecular weight is 379 g/mol. The number of hydrogen-bond acceptors (Lipinski definition) is 4. The Morgan fingerprint density at radius 3 is 2.25 bits per heavy atom. The zero-order valence-electron chi connectivity index (χ0n) is 16.5. The highest BCUT2D eigenvalue weighted by atomic mass is 16.5. The lowest BCUT2D eigenvalue weighted by Gasteiger charge is -2.17. The monoisotopic (exact) mass is 379 g/mol. The molecule has 0 fully saturated rings. The second-order valence-electron chi connectivity index (χ2n) is 8.12. The Hall–Kier alpha value is -2.95. The summed E-state index contributed by atoms with van der Waals surface area (Å²) < 4.78 is 5.19. The fourth-order valence-corrected chi connectivity index (χ4v) is 3.05. The molecule has 2 aromatic rings. The summed E-state index contributed by atoms with van der Waals surface area (Å²) >= 11 is 0. The van der Waals surface area contributed by atoms with Gasteiger partial charge >= 0.3 is 5.97 Å². The Morgan fingerprint density at radius 2 is 1.57 bits per heavy atom. The predicted octanol–water partition coefficient (Wildman–Crippen LogP) is 4.20. The van der Waals surface area contributed by atoms with Crippen molar-refractivity contribution in [3.05, 3.63) is 64.7 Å². The van der Waals surface area contributed by atoms with Crippen molar-refractivity contribution in [2.45, 2.75) is 40.0 Å². The van der Waals surface area contributed by atoms with Crippen LogP contribution in [0, 0.1) is 5.41 Å². The molecule has 0 aromatic heterocycles. The van der Waals surface area contributed by atoms with Gasteiger partial charge in [-0.05, 0) is 66.8 Å². The first-order valence-electron chi connectivity index (χ1n) is 9.48. The summed E-state index contributed by atoms with van der Waals surface area (Å²) in [6.45, 7) is 5.17. The number of hydrogen-bond donors (Lipinski definition) is 1. The predicted molar refractivity (Wildman–Crippen MR) is 108 cm³/mol. The van der Waals surface area contributed by atoms with Crippen molar-refractivity contribution in [1.29, 1.82) is 0 Å². The maximum absolute atomic E-state index is 12.3. The summed E-state index contributed by atoms with van der Waals surface area (Å²) in [4.78, 5) is 36.5. The van der Waals surface area contributed by atoms with Crippen LogP contribution in [0.1, 0.15) is 59.0 Å². The number of carbonyl (C=O) groups excluding carboxylic acids is 3. The van der Waals surface area contributed by atoms with E-state index in [2.05, 4.69) is 5.32 Å². The highest BCUT2D eigenvalue weighted by molar-refractivity contribution is 6.00. The van der Waals surface area contributed by atoms with Gasteiger partial charge in [0.15, 0.2) is 12.4 Å². The number of Topliss-reactive ketones (excluding diaryl/α,β-unsaturated/α-hetero) is 1. The van der Waals surface area contributed by atoms with Gasteiger partial charge < -0.3 is 10.1 Å². The lowest BCUT2D eigenvalue weighted by Crippen LogP contribution is -2.27. The molecule has 1 aliphatic carbocycles. The zero-order valence-corrected chi connectivity index (χ0v) is 16.5. The molecule has 2 aromatic carbocycles. The molecule has 3 rings (SSSR count). The topological polar surface area (TPSA) is 72.5 Å². The highest BCUT2D eigenvalue weighted by Gasteiger charge is 2.21. The van der Waals surface area contributed by atoms with Gasteiger partial charge in [-0.3, -0.25) is 9.59 Å². The number of anilines is 1. The van der Waals surface area contributed by atoms with E-state index in [1.54, 1.807) is 30.3 Å². The molecule has 0 radical (unpaired) electrons. The molecule has 1 N–H and O–H groups in total. The number of amides is 1. The Kier molecular flexibility index (Phi) is 5.63. The van der Waals surface area contributed by atoms with Gasteiger partial charge in [-0.25, -0.2) is 4.79 Å². The van der Waals surface area contributed by atoms with E-state index in [1.807, 2.05) is 32.9 Å². The number of esters is 1. The fourth-order valence-electron chi connectivity index (χ4n) is 3.05. The third-order valence-corrected chi connectivity index (χ3v) is 4.81. The van der Waals surface area contributed by atoms with Crippen molar-refractivity contribution in [2.75, 3.05) is 11.9 Å². The van der Waals surface area contributed by atoms with Gasteiger partial charge in [-0.15, -0.1) is 0 Å². The van der Waals surface area contributed by atoms with Crippen molar-refractivity contribution in [2.24, 2.45) is 5.41 Å². The third-order valence-electron chi connectivity index (χ3n) is 4.81. The minimum Gasteiger partial charge on any atom is -0.454 e. The Balaban J connectivity index is 1.56. The van der Waals surface area contributed by atoms with E-state index in [4.69, 9.17) is 4.74 Å². The van der Waals surface area contributed by atoms with Gasteiger partial charge in [0.2, 0.25) is 5.91 Å². The molecule has 0 saturated heterocycles. The maximum atomic E-state index is 12.3. The van der Waals surface area contributed by atoms with Crippen molar-refractivity contribution in [3.8, 4) is 0 Å². The van der Waals surface area contributed by atoms with E-state index in [9.17, 15) is 14.4 Å². The minimum absolute atomic E-state index is 0.102. The molecule has 0 bridgehead atoms. The normalized spacial score (nSPS) is 13.0. The summed E-state index contributed by atoms with van der Waals surface area (Å²) in [6.07, 6.45) is 3.14. The van der Waals surface area contributed by atoms with Crippen molar-refractivity contribution >= 4 is 23.3 Å². The molecule has 0 spiro atoms. The molecule has 146 valence electrons. The number of benzene rings is 2. The number of ketones is 1. The van der Waals surface area contributed by atoms with E-state index < -0.39 is 11.4 Å². The van der Waals surface area contributed by atoms with Crippen molar-refractivity contribution in [3.63, 3.8) is 0 Å². The lowest BCUT2D eigenvalue weighted by atomic mass is 9.95. The number of fused-ring (bicyclic) bond motifs is 1. The van der Waals surface area contributed by atoms with Gasteiger partial charge in [-0.2, -0.15) is 0 Å². The van der Waals surface area contributed by atoms with E-state index >= 15 is 0 Å². The Labute approximate surface area is 165 Å². The standard InChI is InChI=1S/C23H25NO4/c1-23(2,3)22(27)24-19-11-9-16(10-12-19)20(25)14-28-21(26)18-8-7-15-5-4-6-17(15)13-18/h7-13H,4-6,14H2,1-3H3,(H,24,27). The molecule has 1 amide bonds. The van der Waals surface area contributed by atoms with Crippen LogP contribution in [0.4, 0.5) is 5.69 Å². The number of rotatable bonds is 5. The molecule has 0 unspecified atom stereocenters. The van der Waals surface area contributed by atoms with Gasteiger partial charge in [-0.1, -0.05) is 26.8 Å². The molecular weight excluding hydrogens is 354 g/mol. The number of nitrogens with one attached hydrogen (secondary N) is 1. The van der Waals surface area contributed by atoms with Crippen LogP contribution in [0.3, 0.4) is 0 Å². The first-order valence-corrected chi connectivity index (χ1v) is 9.48. The van der Waals surface area contributed by atoms with Gasteiger partial charge in [0.25, 0.3) is 0 Å². The fraction of sp³-hybridized carbons (Fsp3) is 0.348. The van der Waals surface area contributed by atoms with Crippen molar-refractivity contribution < 1.29 is 19.1 Å². The number of ether oxygens (including phenoxy) is 1. The maximum Gasteiger partial charge on any atom is 0.338 e. The molecule has 28 heavy (non-hydrogen) atoms. The van der Waals surface area contributed by atoms with Gasteiger partial charge in [0, 0.05) is 16.7 Å². The summed E-state index contributed by atoms with van der Waals surface area (Å²) in [7, 11) is 0. The van der Waals surface area contributed by atoms with Crippen LogP contribution in [0.2, 0.25) is 0 Å². The molecule has 0 heterocycles. The first-order chi connectivity index (χ1) is 13.2. The van der Waals surface area contributed by atoms with Gasteiger partial charge in [0.1, 0.15) is 0 Å². The largest absolute Gasteiger partial charge is 0.454 e. The molecular formula is C23H25NO4. The number of aryl methyl sites for hydroxylation is 2. The second-order valence-corrected chi connectivity index (χ2v) is 8.12. The summed E-state index contributed by atoms with van der Waals surface area (Å²) in [5.41, 5.74) is 3.50. The van der Waals surface area contributed by atoms with Crippen LogP contribution >= 0.6 is 0 Å². The van der Waals surface area contributed by atoms with E-state index in [-0.39, 0.29) is 18.3 Å². The average Bonchev–Trinajstić information content (AvgIpc) is 3.13. The van der Waals surface area contributed by atoms with Crippen LogP contribution in [0.25, 0.3) is 0 Å². The van der Waals surface area contributed by atoms with Gasteiger partial charge in [0.05, 0.1) is 5.56 Å². The van der Waals surface area contributed by atoms with Crippen LogP contribution in [-0.2, 0) is 22.4 Å². The number of carbonyl (C=O) groups is 3. The quantitative estimate of drug-likeness (QED) is 0.624. The first kappa shape index (κ1) is 19.8. The Morgan fingerprint density at radius 1 is 0.929 bits per heavy atom. The molecule has 5 heteroatoms. The minimum atomic E-state index is -0.500. The molecule has 5 nitrogen and oxygen atoms in total. The zero-order chi connectivity index (χ0) is 20.3. The summed E-state index contributed by atoms with van der Waals surface area (Å²) in [5, 5.41) is 2.80. The van der Waals surface area contributed by atoms with Crippen LogP contribution in [0.5, 0.6) is 0 Å². The molecule has 1 aliphatic rings. The SMILES string of the molecule is CC(C)(C)C(=O)Nc1ccc(C(=O)COC(=O)c2ccc3c(c2)CCC3)cc1. The molecule has 0 aliphatic heterocycles. The van der Waals surface area contributed by atoms with Crippen molar-refractivity contribution in [1.82, 2.24) is 0 Å². The lowest BCUT2D eigenvalue weighted by molar-refractivity contribution is -0.123. The van der Waals surface area contributed by atoms with E-state index in [0.29, 0.717) is 16.8 Å². The molecule has 0 saturated carbocycles. The van der Waals surface area contributed by atoms with Crippen LogP contribution in [-0.4, -0.2) is 24.3 Å². The second kappa shape index (κ2) is 7.97. The van der Waals surface area contributed by atoms with E-state index in [1.165, 1.54) is 11.1 Å². The smallest absolute Gasteiger partial charge is 0.338 e. The Bertz CT molecular complexity index is 907. The third kappa shape index (κ3) is 4.66. The van der Waals surface area contributed by atoms with Crippen LogP contribution in [0.15, 0.2) is 42.5 Å². The van der Waals surface area contributed by atoms with Crippen LogP contribution < -0.4 is 5.32 Å². The summed E-state index contributed by atoms with van der Waals surface area (Å²) in [6, 6.07) is 12.1.